The average Bonchev–Trinajstić information content (AvgIpc) is 3.16. The van der Waals surface area contributed by atoms with Crippen LogP contribution in [0.1, 0.15) is 41.4 Å². The zero-order valence-electron chi connectivity index (χ0n) is 26.0. The van der Waals surface area contributed by atoms with Crippen molar-refractivity contribution in [3.05, 3.63) is 144 Å². The maximum absolute atomic E-state index is 12.1. The number of para-hydroxylation sites is 1. The molecular formula is C40H26O10. The highest BCUT2D eigenvalue weighted by molar-refractivity contribution is 5.89. The van der Waals surface area contributed by atoms with Crippen LogP contribution in [0.15, 0.2) is 121 Å². The quantitative estimate of drug-likeness (QED) is 0.114. The van der Waals surface area contributed by atoms with Gasteiger partial charge in [-0.3, -0.25) is 19.2 Å². The smallest absolute Gasteiger partial charge is 0.220 e. The van der Waals surface area contributed by atoms with Crippen LogP contribution in [0.5, 0.6) is 57.5 Å². The first-order valence-electron chi connectivity index (χ1n) is 15.0. The van der Waals surface area contributed by atoms with Crippen molar-refractivity contribution < 1.29 is 48.3 Å². The van der Waals surface area contributed by atoms with Gasteiger partial charge in [-0.2, -0.15) is 0 Å². The molecule has 0 aliphatic rings. The lowest BCUT2D eigenvalue weighted by molar-refractivity contribution is 0.111. The lowest BCUT2D eigenvalue weighted by atomic mass is 10.00. The Bertz CT molecular complexity index is 2170. The van der Waals surface area contributed by atoms with Gasteiger partial charge in [0.05, 0.1) is 5.56 Å². The topological polar surface area (TPSA) is 146 Å². The van der Waals surface area contributed by atoms with Gasteiger partial charge in [-0.15, -0.1) is 0 Å². The summed E-state index contributed by atoms with van der Waals surface area (Å²) in [6, 6.07) is 30.7. The molecule has 0 amide bonds. The fraction of sp³-hybridized carbons (Fsp3) is 0. The highest BCUT2D eigenvalue weighted by Crippen LogP contribution is 2.61. The number of ether oxygens (including phenoxy) is 4. The second-order valence-electron chi connectivity index (χ2n) is 10.7. The van der Waals surface area contributed by atoms with E-state index in [9.17, 15) is 29.4 Å². The van der Waals surface area contributed by atoms with Gasteiger partial charge in [0, 0.05) is 27.8 Å². The zero-order chi connectivity index (χ0) is 35.0. The lowest BCUT2D eigenvalue weighted by Gasteiger charge is -2.24. The van der Waals surface area contributed by atoms with Gasteiger partial charge in [0.2, 0.25) is 17.2 Å². The van der Waals surface area contributed by atoms with E-state index in [1.54, 1.807) is 30.3 Å². The van der Waals surface area contributed by atoms with Crippen LogP contribution in [-0.4, -0.2) is 35.4 Å². The van der Waals surface area contributed by atoms with Gasteiger partial charge in [0.25, 0.3) is 0 Å². The summed E-state index contributed by atoms with van der Waals surface area (Å²) in [5, 5.41) is 23.2. The Labute approximate surface area is 285 Å². The molecule has 0 radical (unpaired) electrons. The van der Waals surface area contributed by atoms with Crippen LogP contribution in [0.3, 0.4) is 0 Å². The van der Waals surface area contributed by atoms with Crippen LogP contribution in [-0.2, 0) is 0 Å². The molecule has 0 aliphatic heterocycles. The molecule has 6 aromatic carbocycles. The second-order valence-corrected chi connectivity index (χ2v) is 10.7. The maximum Gasteiger partial charge on any atom is 0.220 e. The molecular weight excluding hydrogens is 640 g/mol. The molecule has 0 fully saturated rings. The molecule has 2 N–H and O–H groups in total. The van der Waals surface area contributed by atoms with Crippen molar-refractivity contribution in [1.82, 2.24) is 0 Å². The van der Waals surface area contributed by atoms with Gasteiger partial charge < -0.3 is 29.2 Å². The summed E-state index contributed by atoms with van der Waals surface area (Å²) < 4.78 is 25.5. The van der Waals surface area contributed by atoms with E-state index >= 15 is 0 Å². The number of carbonyl (C=O) groups excluding carboxylic acids is 4. The number of benzene rings is 6. The van der Waals surface area contributed by atoms with Gasteiger partial charge in [0.1, 0.15) is 53.9 Å². The molecule has 50 heavy (non-hydrogen) atoms. The fourth-order valence-corrected chi connectivity index (χ4v) is 4.89. The molecule has 0 spiro atoms. The van der Waals surface area contributed by atoms with E-state index in [0.29, 0.717) is 47.4 Å². The van der Waals surface area contributed by atoms with E-state index in [0.717, 1.165) is 0 Å². The normalized spacial score (nSPS) is 10.5. The van der Waals surface area contributed by atoms with Crippen LogP contribution in [0.4, 0.5) is 0 Å². The van der Waals surface area contributed by atoms with Crippen LogP contribution in [0, 0.1) is 0 Å². The molecule has 10 nitrogen and oxygen atoms in total. The van der Waals surface area contributed by atoms with E-state index in [1.165, 1.54) is 91.0 Å². The SMILES string of the molecule is O=Cc1ccc(Oc2c(O)c(-c3ccccc3O)c(Oc3ccc(C=O)cc3)c(Oc3ccc(C=O)cc3)c2Oc2ccc(C=O)cc2)cc1. The number of aromatic hydroxyl groups is 2. The number of hydrogen-bond acceptors (Lipinski definition) is 10. The number of hydrogen-bond donors (Lipinski definition) is 2. The van der Waals surface area contributed by atoms with Crippen LogP contribution < -0.4 is 18.9 Å². The Morgan fingerprint density at radius 3 is 1.06 bits per heavy atom. The molecule has 6 aromatic rings. The van der Waals surface area contributed by atoms with Crippen molar-refractivity contribution >= 4 is 25.1 Å². The minimum absolute atomic E-state index is 0.0507. The summed E-state index contributed by atoms with van der Waals surface area (Å²) in [4.78, 5) is 45.5. The molecule has 10 heteroatoms. The van der Waals surface area contributed by atoms with E-state index in [1.807, 2.05) is 0 Å². The fourth-order valence-electron chi connectivity index (χ4n) is 4.89. The molecule has 0 atom stereocenters. The summed E-state index contributed by atoms with van der Waals surface area (Å²) in [5.41, 5.74) is 1.63. The summed E-state index contributed by atoms with van der Waals surface area (Å²) in [5.74, 6) is -0.547. The first-order valence-corrected chi connectivity index (χ1v) is 15.0. The predicted molar refractivity (Wildman–Crippen MR) is 183 cm³/mol. The second kappa shape index (κ2) is 14.7. The lowest BCUT2D eigenvalue weighted by Crippen LogP contribution is -2.01. The minimum Gasteiger partial charge on any atom is -0.507 e. The maximum atomic E-state index is 12.1. The molecule has 0 heterocycles. The average molecular weight is 667 g/mol. The summed E-state index contributed by atoms with van der Waals surface area (Å²) in [7, 11) is 0. The molecule has 0 aliphatic carbocycles. The van der Waals surface area contributed by atoms with Crippen LogP contribution in [0.2, 0.25) is 0 Å². The Kier molecular flexibility index (Phi) is 9.62. The molecule has 0 bridgehead atoms. The highest BCUT2D eigenvalue weighted by atomic mass is 16.6. The van der Waals surface area contributed by atoms with Crippen molar-refractivity contribution in [2.24, 2.45) is 0 Å². The van der Waals surface area contributed by atoms with Crippen LogP contribution in [0.25, 0.3) is 11.1 Å². The number of phenolic OH excluding ortho intramolecular Hbond substituents is 2. The molecule has 0 aromatic heterocycles. The Morgan fingerprint density at radius 2 is 0.700 bits per heavy atom. The number of phenols is 2. The van der Waals surface area contributed by atoms with E-state index in [4.69, 9.17) is 18.9 Å². The van der Waals surface area contributed by atoms with Gasteiger partial charge in [-0.1, -0.05) is 18.2 Å². The number of rotatable bonds is 13. The molecule has 0 saturated carbocycles. The largest absolute Gasteiger partial charge is 0.507 e. The highest BCUT2D eigenvalue weighted by Gasteiger charge is 2.33. The van der Waals surface area contributed by atoms with Gasteiger partial charge >= 0.3 is 0 Å². The third-order valence-corrected chi connectivity index (χ3v) is 7.42. The van der Waals surface area contributed by atoms with Gasteiger partial charge in [-0.05, 0) is 103 Å². The molecule has 0 saturated heterocycles. The van der Waals surface area contributed by atoms with E-state index < -0.39 is 5.75 Å². The Balaban J connectivity index is 1.67. The van der Waals surface area contributed by atoms with Crippen molar-refractivity contribution in [1.29, 1.82) is 0 Å². The Morgan fingerprint density at radius 1 is 0.380 bits per heavy atom. The van der Waals surface area contributed by atoms with Crippen molar-refractivity contribution in [2.75, 3.05) is 0 Å². The molecule has 6 rings (SSSR count). The zero-order valence-corrected chi connectivity index (χ0v) is 26.0. The van der Waals surface area contributed by atoms with E-state index in [2.05, 4.69) is 0 Å². The van der Waals surface area contributed by atoms with Crippen LogP contribution >= 0.6 is 0 Å². The standard InChI is InChI=1S/C40H26O10/c41-21-25-5-13-29(14-6-25)47-37-35(33-3-1-2-4-34(33)45)36(46)38(48-30-15-7-26(22-42)8-16-30)40(50-32-19-11-28(24-44)12-20-32)39(37)49-31-17-9-27(23-43)10-18-31/h1-24,45-46H. The van der Waals surface area contributed by atoms with Crippen molar-refractivity contribution in [3.8, 4) is 68.6 Å². The van der Waals surface area contributed by atoms with Gasteiger partial charge in [0.15, 0.2) is 11.5 Å². The van der Waals surface area contributed by atoms with Crippen molar-refractivity contribution in [2.45, 2.75) is 0 Å². The molecule has 246 valence electrons. The number of carbonyl (C=O) groups is 4. The third kappa shape index (κ3) is 7.04. The van der Waals surface area contributed by atoms with E-state index in [-0.39, 0.29) is 62.9 Å². The minimum atomic E-state index is -0.520. The molecule has 0 unspecified atom stereocenters. The van der Waals surface area contributed by atoms with Gasteiger partial charge in [-0.25, -0.2) is 0 Å². The first-order chi connectivity index (χ1) is 24.4. The third-order valence-electron chi connectivity index (χ3n) is 7.42. The Hall–Kier alpha value is -7.20. The monoisotopic (exact) mass is 666 g/mol. The first kappa shape index (κ1) is 32.7. The number of aldehydes is 4. The summed E-state index contributed by atoms with van der Waals surface area (Å²) >= 11 is 0. The predicted octanol–water partition coefficient (Wildman–Crippen LogP) is 9.18. The summed E-state index contributed by atoms with van der Waals surface area (Å²) in [6.45, 7) is 0. The summed E-state index contributed by atoms with van der Waals surface area (Å²) in [6.07, 6.45) is 2.70. The van der Waals surface area contributed by atoms with Crippen molar-refractivity contribution in [3.63, 3.8) is 0 Å².